The molecule has 0 aliphatic carbocycles. The van der Waals surface area contributed by atoms with Gasteiger partial charge in [0.05, 0.1) is 41.3 Å². The third kappa shape index (κ3) is 10.8. The topological polar surface area (TPSA) is 0 Å². The van der Waals surface area contributed by atoms with Gasteiger partial charge in [-0.05, 0) is 67.5 Å². The van der Waals surface area contributed by atoms with Crippen LogP contribution in [0.4, 0.5) is 11.4 Å². The van der Waals surface area contributed by atoms with Gasteiger partial charge in [0.25, 0.3) is 0 Å². The van der Waals surface area contributed by atoms with E-state index in [4.69, 9.17) is 0 Å². The third-order valence-corrected chi connectivity index (χ3v) is 6.82. The van der Waals surface area contributed by atoms with E-state index in [9.17, 15) is 0 Å². The van der Waals surface area contributed by atoms with Gasteiger partial charge in [0.2, 0.25) is 0 Å². The molecule has 0 fully saturated rings. The highest BCUT2D eigenvalue weighted by Crippen LogP contribution is 2.24. The highest BCUT2D eigenvalue weighted by Gasteiger charge is 2.19. The first-order valence-corrected chi connectivity index (χ1v) is 12.6. The van der Waals surface area contributed by atoms with Crippen molar-refractivity contribution in [2.24, 2.45) is 0 Å². The predicted octanol–water partition coefficient (Wildman–Crippen LogP) is 1.58. The number of benzene rings is 2. The molecule has 0 aliphatic heterocycles. The van der Waals surface area contributed by atoms with Crippen molar-refractivity contribution < 1.29 is 24.8 Å². The molecule has 0 N–H and O–H groups in total. The molecule has 2 nitrogen and oxygen atoms in total. The summed E-state index contributed by atoms with van der Waals surface area (Å²) in [5, 5.41) is 0. The first-order valence-electron chi connectivity index (χ1n) is 12.6. The van der Waals surface area contributed by atoms with Crippen LogP contribution in [-0.2, 0) is 6.42 Å². The monoisotopic (exact) mass is 494 g/mol. The van der Waals surface area contributed by atoms with E-state index in [0.717, 1.165) is 15.4 Å². The minimum Gasteiger partial charge on any atom is -1.00 e. The highest BCUT2D eigenvalue weighted by atomic mass is 35.5. The second-order valence-corrected chi connectivity index (χ2v) is 10.4. The minimum absolute atomic E-state index is 0. The molecule has 0 radical (unpaired) electrons. The Hall–Kier alpha value is -1.06. The van der Waals surface area contributed by atoms with E-state index in [1.807, 2.05) is 0 Å². The van der Waals surface area contributed by atoms with Crippen LogP contribution in [0, 0.1) is 0 Å². The fourth-order valence-electron chi connectivity index (χ4n) is 4.40. The summed E-state index contributed by atoms with van der Waals surface area (Å²) in [7, 11) is 9.34. The molecule has 4 heteroatoms. The summed E-state index contributed by atoms with van der Waals surface area (Å²) in [4.78, 5) is 0. The van der Waals surface area contributed by atoms with E-state index < -0.39 is 0 Å². The zero-order valence-electron chi connectivity index (χ0n) is 22.0. The van der Waals surface area contributed by atoms with Crippen LogP contribution < -0.4 is 33.8 Å². The van der Waals surface area contributed by atoms with Crippen LogP contribution in [0.3, 0.4) is 0 Å². The van der Waals surface area contributed by atoms with Gasteiger partial charge < -0.3 is 24.8 Å². The van der Waals surface area contributed by atoms with Crippen LogP contribution in [0.5, 0.6) is 0 Å². The van der Waals surface area contributed by atoms with E-state index in [0.29, 0.717) is 0 Å². The molecule has 0 amide bonds. The third-order valence-electron chi connectivity index (χ3n) is 6.82. The Morgan fingerprint density at radius 1 is 0.485 bits per heavy atom. The molecule has 0 spiro atoms. The van der Waals surface area contributed by atoms with Gasteiger partial charge in [0.15, 0.2) is 0 Å². The normalized spacial score (nSPS) is 11.6. The molecule has 2 aromatic carbocycles. The van der Waals surface area contributed by atoms with E-state index in [2.05, 4.69) is 90.6 Å². The van der Waals surface area contributed by atoms with Crippen LogP contribution in [-0.4, -0.2) is 41.3 Å². The van der Waals surface area contributed by atoms with Gasteiger partial charge in [-0.1, -0.05) is 63.8 Å². The number of nitrogens with zero attached hydrogens (tertiary/aromatic N) is 2. The highest BCUT2D eigenvalue weighted by molar-refractivity contribution is 5.46. The van der Waals surface area contributed by atoms with Gasteiger partial charge in [0.1, 0.15) is 11.4 Å². The molecule has 0 unspecified atom stereocenters. The second-order valence-electron chi connectivity index (χ2n) is 10.4. The maximum atomic E-state index is 2.34. The van der Waals surface area contributed by atoms with Crippen LogP contribution in [0.25, 0.3) is 0 Å². The summed E-state index contributed by atoms with van der Waals surface area (Å²) < 4.78 is 1.95. The average molecular weight is 496 g/mol. The first-order chi connectivity index (χ1) is 14.8. The van der Waals surface area contributed by atoms with Gasteiger partial charge >= 0.3 is 0 Å². The molecule has 0 aromatic heterocycles. The number of hydrogen-bond acceptors (Lipinski definition) is 0. The summed E-state index contributed by atoms with van der Waals surface area (Å²) in [6.45, 7) is 6.99. The van der Waals surface area contributed by atoms with Crippen molar-refractivity contribution in [3.8, 4) is 0 Å². The lowest BCUT2D eigenvalue weighted by Crippen LogP contribution is -3.00. The quantitative estimate of drug-likeness (QED) is 0.276. The maximum absolute atomic E-state index is 2.34. The summed E-state index contributed by atoms with van der Waals surface area (Å²) in [5.41, 5.74) is 5.63. The first kappa shape index (κ1) is 31.9. The maximum Gasteiger partial charge on any atom is 0.132 e. The molecule has 33 heavy (non-hydrogen) atoms. The summed E-state index contributed by atoms with van der Waals surface area (Å²) in [6.07, 6.45) is 11.6. The lowest BCUT2D eigenvalue weighted by Gasteiger charge is -2.29. The Kier molecular flexibility index (Phi) is 15.3. The number of unbranched alkanes of at least 4 members (excludes halogenated alkanes) is 6. The summed E-state index contributed by atoms with van der Waals surface area (Å²) >= 11 is 0. The van der Waals surface area contributed by atoms with Crippen molar-refractivity contribution in [1.29, 1.82) is 0 Å². The van der Waals surface area contributed by atoms with E-state index in [1.165, 1.54) is 87.0 Å². The largest absolute Gasteiger partial charge is 1.00 e. The lowest BCUT2D eigenvalue weighted by molar-refractivity contribution is -0.001000. The van der Waals surface area contributed by atoms with Crippen LogP contribution >= 0.6 is 0 Å². The van der Waals surface area contributed by atoms with Gasteiger partial charge in [-0.3, -0.25) is 8.97 Å². The lowest BCUT2D eigenvalue weighted by atomic mass is 10.0. The molecule has 0 saturated carbocycles. The molecule has 0 saturated heterocycles. The molecule has 0 heterocycles. The van der Waals surface area contributed by atoms with Crippen molar-refractivity contribution in [3.05, 3.63) is 59.7 Å². The Bertz CT molecular complexity index is 687. The SMILES string of the molecule is CCCCCC[N+](C)(C)c1ccc(Cc2ccc([N+](C)(C)CCCCCC)cc2)cc1.[Cl-].[Cl-]. The van der Waals surface area contributed by atoms with Crippen molar-refractivity contribution in [2.45, 2.75) is 71.6 Å². The van der Waals surface area contributed by atoms with Crippen molar-refractivity contribution in [2.75, 3.05) is 41.3 Å². The van der Waals surface area contributed by atoms with E-state index in [1.54, 1.807) is 0 Å². The van der Waals surface area contributed by atoms with Crippen molar-refractivity contribution in [3.63, 3.8) is 0 Å². The van der Waals surface area contributed by atoms with Gasteiger partial charge in [-0.25, -0.2) is 0 Å². The van der Waals surface area contributed by atoms with Crippen molar-refractivity contribution in [1.82, 2.24) is 8.97 Å². The zero-order valence-corrected chi connectivity index (χ0v) is 23.6. The molecule has 0 aliphatic rings. The van der Waals surface area contributed by atoms with E-state index >= 15 is 0 Å². The van der Waals surface area contributed by atoms with Crippen LogP contribution in [0.15, 0.2) is 48.5 Å². The molecule has 0 atom stereocenters. The zero-order chi connectivity index (χ0) is 22.7. The molecular weight excluding hydrogens is 447 g/mol. The number of rotatable bonds is 14. The van der Waals surface area contributed by atoms with Crippen LogP contribution in [0.2, 0.25) is 0 Å². The van der Waals surface area contributed by atoms with Gasteiger partial charge in [0, 0.05) is 0 Å². The minimum atomic E-state index is 0. The summed E-state index contributed by atoms with van der Waals surface area (Å²) in [6, 6.07) is 18.6. The van der Waals surface area contributed by atoms with Gasteiger partial charge in [-0.2, -0.15) is 0 Å². The average Bonchev–Trinajstić information content (AvgIpc) is 2.75. The molecule has 0 bridgehead atoms. The Balaban J connectivity index is 0.00000512. The number of hydrogen-bond donors (Lipinski definition) is 0. The second kappa shape index (κ2) is 15.8. The number of quaternary nitrogens is 2. The molecule has 188 valence electrons. The van der Waals surface area contributed by atoms with Crippen LogP contribution in [0.1, 0.15) is 76.3 Å². The fraction of sp³-hybridized carbons (Fsp3) is 0.586. The van der Waals surface area contributed by atoms with Gasteiger partial charge in [-0.15, -0.1) is 0 Å². The molecular formula is C29H48Cl2N2. The smallest absolute Gasteiger partial charge is 0.132 e. The van der Waals surface area contributed by atoms with E-state index in [-0.39, 0.29) is 24.8 Å². The summed E-state index contributed by atoms with van der Waals surface area (Å²) in [5.74, 6) is 0. The molecule has 2 aromatic rings. The fourth-order valence-corrected chi connectivity index (χ4v) is 4.40. The predicted molar refractivity (Wildman–Crippen MR) is 141 cm³/mol. The number of halogens is 2. The Labute approximate surface area is 217 Å². The molecule has 2 rings (SSSR count). The van der Waals surface area contributed by atoms with Crippen molar-refractivity contribution >= 4 is 11.4 Å². The Morgan fingerprint density at radius 2 is 0.818 bits per heavy atom. The Morgan fingerprint density at radius 3 is 1.12 bits per heavy atom. The standard InChI is InChI=1S/C29H48N2.2ClH/c1-7-9-11-13-23-30(3,4)28-19-15-26(16-20-28)25-27-17-21-29(22-18-27)31(5,6)24-14-12-10-8-2;;/h15-22H,7-14,23-25H2,1-6H3;2*1H/q+2;;/p-2.